The monoisotopic (exact) mass is 303 g/mol. The average molecular weight is 304 g/mol. The van der Waals surface area contributed by atoms with Crippen LogP contribution in [0.2, 0.25) is 5.02 Å². The number of benzene rings is 2. The van der Waals surface area contributed by atoms with Gasteiger partial charge in [-0.25, -0.2) is 0 Å². The number of para-hydroxylation sites is 1. The zero-order valence-corrected chi connectivity index (χ0v) is 12.1. The van der Waals surface area contributed by atoms with Crippen molar-refractivity contribution < 1.29 is 9.59 Å². The lowest BCUT2D eigenvalue weighted by Crippen LogP contribution is -2.18. The van der Waals surface area contributed by atoms with E-state index in [-0.39, 0.29) is 23.1 Å². The molecule has 0 saturated heterocycles. The summed E-state index contributed by atoms with van der Waals surface area (Å²) in [5, 5.41) is 5.53. The fourth-order valence-electron chi connectivity index (χ4n) is 1.82. The number of hydrogen-bond donors (Lipinski definition) is 3. The van der Waals surface area contributed by atoms with E-state index in [9.17, 15) is 9.59 Å². The van der Waals surface area contributed by atoms with Gasteiger partial charge in [-0.05, 0) is 30.3 Å². The summed E-state index contributed by atoms with van der Waals surface area (Å²) in [7, 11) is 1.54. The minimum absolute atomic E-state index is 0.221. The number of hydrogen-bond acceptors (Lipinski definition) is 3. The van der Waals surface area contributed by atoms with Gasteiger partial charge in [0.1, 0.15) is 0 Å². The second kappa shape index (κ2) is 6.28. The second-order valence-electron chi connectivity index (χ2n) is 4.32. The highest BCUT2D eigenvalue weighted by molar-refractivity contribution is 6.34. The molecule has 0 aliphatic rings. The number of anilines is 2. The molecule has 0 radical (unpaired) electrons. The fraction of sp³-hybridized carbons (Fsp3) is 0.0667. The van der Waals surface area contributed by atoms with E-state index in [0.29, 0.717) is 16.3 Å². The van der Waals surface area contributed by atoms with Crippen LogP contribution in [0.3, 0.4) is 0 Å². The van der Waals surface area contributed by atoms with Crippen molar-refractivity contribution in [2.75, 3.05) is 18.1 Å². The van der Waals surface area contributed by atoms with Gasteiger partial charge in [-0.15, -0.1) is 0 Å². The molecule has 0 fully saturated rings. The summed E-state index contributed by atoms with van der Waals surface area (Å²) in [5.41, 5.74) is 7.24. The Bertz CT molecular complexity index is 701. The summed E-state index contributed by atoms with van der Waals surface area (Å²) < 4.78 is 0. The highest BCUT2D eigenvalue weighted by atomic mass is 35.5. The number of carbonyl (C=O) groups excluding carboxylic acids is 2. The van der Waals surface area contributed by atoms with Crippen LogP contribution in [0.4, 0.5) is 11.4 Å². The predicted molar refractivity (Wildman–Crippen MR) is 83.6 cm³/mol. The summed E-state index contributed by atoms with van der Waals surface area (Å²) in [6, 6.07) is 11.4. The van der Waals surface area contributed by atoms with E-state index in [1.165, 1.54) is 0 Å². The highest BCUT2D eigenvalue weighted by Gasteiger charge is 2.12. The zero-order chi connectivity index (χ0) is 15.4. The van der Waals surface area contributed by atoms with Crippen LogP contribution in [0, 0.1) is 0 Å². The van der Waals surface area contributed by atoms with Gasteiger partial charge in [0.05, 0.1) is 16.3 Å². The SMILES string of the molecule is CNC(=O)c1cccc(NC(=O)c2cccc(Cl)c2N)c1. The van der Waals surface area contributed by atoms with E-state index in [2.05, 4.69) is 10.6 Å². The molecule has 2 amide bonds. The largest absolute Gasteiger partial charge is 0.397 e. The van der Waals surface area contributed by atoms with E-state index < -0.39 is 0 Å². The van der Waals surface area contributed by atoms with E-state index in [4.69, 9.17) is 17.3 Å². The third kappa shape index (κ3) is 3.32. The number of carbonyl (C=O) groups is 2. The molecule has 0 spiro atoms. The molecule has 108 valence electrons. The summed E-state index contributed by atoms with van der Waals surface area (Å²) in [6.45, 7) is 0. The zero-order valence-electron chi connectivity index (χ0n) is 11.3. The lowest BCUT2D eigenvalue weighted by molar-refractivity contribution is 0.0961. The van der Waals surface area contributed by atoms with Crippen molar-refractivity contribution in [3.05, 3.63) is 58.6 Å². The molecule has 0 aliphatic carbocycles. The molecule has 0 saturated carbocycles. The molecule has 0 unspecified atom stereocenters. The first kappa shape index (κ1) is 14.9. The number of amides is 2. The topological polar surface area (TPSA) is 84.2 Å². The molecular weight excluding hydrogens is 290 g/mol. The van der Waals surface area contributed by atoms with Crippen LogP contribution in [-0.4, -0.2) is 18.9 Å². The number of halogens is 1. The van der Waals surface area contributed by atoms with Gasteiger partial charge < -0.3 is 16.4 Å². The van der Waals surface area contributed by atoms with Gasteiger partial charge in [0.25, 0.3) is 11.8 Å². The predicted octanol–water partition coefficient (Wildman–Crippen LogP) is 2.53. The van der Waals surface area contributed by atoms with Gasteiger partial charge in [0, 0.05) is 18.3 Å². The highest BCUT2D eigenvalue weighted by Crippen LogP contribution is 2.23. The summed E-state index contributed by atoms with van der Waals surface area (Å²) in [5.74, 6) is -0.613. The molecule has 2 aromatic rings. The fourth-order valence-corrected chi connectivity index (χ4v) is 1.99. The van der Waals surface area contributed by atoms with Crippen molar-refractivity contribution in [3.63, 3.8) is 0 Å². The Hall–Kier alpha value is -2.53. The maximum absolute atomic E-state index is 12.2. The Morgan fingerprint density at radius 1 is 1.10 bits per heavy atom. The van der Waals surface area contributed by atoms with Crippen molar-refractivity contribution >= 4 is 34.8 Å². The molecule has 0 heterocycles. The third-order valence-electron chi connectivity index (χ3n) is 2.91. The smallest absolute Gasteiger partial charge is 0.257 e. The number of rotatable bonds is 3. The third-order valence-corrected chi connectivity index (χ3v) is 3.24. The first-order chi connectivity index (χ1) is 10.0. The van der Waals surface area contributed by atoms with Crippen LogP contribution >= 0.6 is 11.6 Å². The van der Waals surface area contributed by atoms with Crippen molar-refractivity contribution in [1.82, 2.24) is 5.32 Å². The summed E-state index contributed by atoms with van der Waals surface area (Å²) in [4.78, 5) is 23.7. The van der Waals surface area contributed by atoms with Gasteiger partial charge >= 0.3 is 0 Å². The molecule has 5 nitrogen and oxygen atoms in total. The lowest BCUT2D eigenvalue weighted by Gasteiger charge is -2.09. The first-order valence-electron chi connectivity index (χ1n) is 6.20. The Kier molecular flexibility index (Phi) is 4.45. The van der Waals surface area contributed by atoms with Gasteiger partial charge in [-0.1, -0.05) is 23.7 Å². The maximum atomic E-state index is 12.2. The number of nitrogens with one attached hydrogen (secondary N) is 2. The van der Waals surface area contributed by atoms with Gasteiger partial charge in [0.2, 0.25) is 0 Å². The van der Waals surface area contributed by atoms with E-state index in [0.717, 1.165) is 0 Å². The van der Waals surface area contributed by atoms with E-state index in [1.807, 2.05) is 0 Å². The minimum Gasteiger partial charge on any atom is -0.397 e. The van der Waals surface area contributed by atoms with Crippen LogP contribution < -0.4 is 16.4 Å². The van der Waals surface area contributed by atoms with Crippen molar-refractivity contribution in [1.29, 1.82) is 0 Å². The molecule has 6 heteroatoms. The standard InChI is InChI=1S/C15H14ClN3O2/c1-18-14(20)9-4-2-5-10(8-9)19-15(21)11-6-3-7-12(16)13(11)17/h2-8H,17H2,1H3,(H,18,20)(H,19,21). The molecule has 2 rings (SSSR count). The normalized spacial score (nSPS) is 10.0. The second-order valence-corrected chi connectivity index (χ2v) is 4.72. The van der Waals surface area contributed by atoms with Crippen LogP contribution in [0.25, 0.3) is 0 Å². The Morgan fingerprint density at radius 2 is 1.81 bits per heavy atom. The van der Waals surface area contributed by atoms with Gasteiger partial charge in [0.15, 0.2) is 0 Å². The van der Waals surface area contributed by atoms with Crippen molar-refractivity contribution in [3.8, 4) is 0 Å². The maximum Gasteiger partial charge on any atom is 0.257 e. The van der Waals surface area contributed by atoms with E-state index in [1.54, 1.807) is 49.5 Å². The quantitative estimate of drug-likeness (QED) is 0.762. The Balaban J connectivity index is 2.24. The molecular formula is C15H14ClN3O2. The number of nitrogens with two attached hydrogens (primary N) is 1. The number of nitrogen functional groups attached to an aromatic ring is 1. The molecule has 2 aromatic carbocycles. The molecule has 0 aliphatic heterocycles. The molecule has 21 heavy (non-hydrogen) atoms. The van der Waals surface area contributed by atoms with Gasteiger partial charge in [-0.2, -0.15) is 0 Å². The minimum atomic E-state index is -0.385. The van der Waals surface area contributed by atoms with Gasteiger partial charge in [-0.3, -0.25) is 9.59 Å². The Morgan fingerprint density at radius 3 is 2.52 bits per heavy atom. The Labute approximate surface area is 127 Å². The van der Waals surface area contributed by atoms with Crippen LogP contribution in [0.15, 0.2) is 42.5 Å². The summed E-state index contributed by atoms with van der Waals surface area (Å²) >= 11 is 5.89. The van der Waals surface area contributed by atoms with Crippen LogP contribution in [0.1, 0.15) is 20.7 Å². The molecule has 0 bridgehead atoms. The molecule has 4 N–H and O–H groups in total. The van der Waals surface area contributed by atoms with Crippen molar-refractivity contribution in [2.45, 2.75) is 0 Å². The first-order valence-corrected chi connectivity index (χ1v) is 6.58. The average Bonchev–Trinajstić information content (AvgIpc) is 2.49. The lowest BCUT2D eigenvalue weighted by atomic mass is 10.1. The van der Waals surface area contributed by atoms with E-state index >= 15 is 0 Å². The van der Waals surface area contributed by atoms with Crippen molar-refractivity contribution in [2.24, 2.45) is 0 Å². The van der Waals surface area contributed by atoms with Crippen LogP contribution in [0.5, 0.6) is 0 Å². The molecule has 0 aromatic heterocycles. The van der Waals surface area contributed by atoms with Crippen LogP contribution in [-0.2, 0) is 0 Å². The molecule has 0 atom stereocenters. The summed E-state index contributed by atoms with van der Waals surface area (Å²) in [6.07, 6.45) is 0.